The normalized spacial score (nSPS) is 10.4. The zero-order valence-electron chi connectivity index (χ0n) is 10.6. The molecule has 18 heavy (non-hydrogen) atoms. The first-order valence-electron chi connectivity index (χ1n) is 5.89. The lowest BCUT2D eigenvalue weighted by Crippen LogP contribution is -2.01. The summed E-state index contributed by atoms with van der Waals surface area (Å²) in [5.41, 5.74) is 4.79. The maximum absolute atomic E-state index is 5.78. The van der Waals surface area contributed by atoms with Gasteiger partial charge in [-0.05, 0) is 42.7 Å². The van der Waals surface area contributed by atoms with Gasteiger partial charge in [0.05, 0.1) is 11.9 Å². The molecule has 0 aliphatic rings. The van der Waals surface area contributed by atoms with Crippen molar-refractivity contribution in [1.29, 1.82) is 0 Å². The van der Waals surface area contributed by atoms with Crippen molar-refractivity contribution < 1.29 is 4.74 Å². The summed E-state index contributed by atoms with van der Waals surface area (Å²) < 4.78 is 5.78. The molecule has 0 atom stereocenters. The maximum Gasteiger partial charge on any atom is 0.138 e. The third-order valence-corrected chi connectivity index (χ3v) is 3.54. The third kappa shape index (κ3) is 3.10. The molecule has 0 amide bonds. The number of hydrogen-bond acceptors (Lipinski definition) is 2. The number of nitrogens with zero attached hydrogens (tertiary/aromatic N) is 1. The zero-order chi connectivity index (χ0) is 13.0. The molecule has 0 saturated heterocycles. The highest BCUT2D eigenvalue weighted by Crippen LogP contribution is 2.17. The summed E-state index contributed by atoms with van der Waals surface area (Å²) >= 11 is 3.37. The molecule has 0 radical (unpaired) electrons. The highest BCUT2D eigenvalue weighted by Gasteiger charge is 2.03. The Morgan fingerprint density at radius 2 is 1.83 bits per heavy atom. The van der Waals surface area contributed by atoms with Crippen molar-refractivity contribution in [2.75, 3.05) is 0 Å². The Hall–Kier alpha value is -1.35. The molecular weight excluding hydrogens is 290 g/mol. The van der Waals surface area contributed by atoms with E-state index in [-0.39, 0.29) is 0 Å². The fraction of sp³-hybridized carbons (Fsp3) is 0.267. The number of halogens is 1. The van der Waals surface area contributed by atoms with E-state index in [2.05, 4.69) is 53.0 Å². The van der Waals surface area contributed by atoms with Crippen LogP contribution in [0.2, 0.25) is 0 Å². The predicted molar refractivity (Wildman–Crippen MR) is 77.1 cm³/mol. The van der Waals surface area contributed by atoms with Crippen LogP contribution in [0.15, 0.2) is 36.5 Å². The summed E-state index contributed by atoms with van der Waals surface area (Å²) in [7, 11) is 0. The molecule has 0 fully saturated rings. The smallest absolute Gasteiger partial charge is 0.138 e. The summed E-state index contributed by atoms with van der Waals surface area (Å²) in [6.07, 6.45) is 1.77. The second-order valence-corrected chi connectivity index (χ2v) is 4.84. The van der Waals surface area contributed by atoms with Crippen LogP contribution in [0.25, 0.3) is 0 Å². The van der Waals surface area contributed by atoms with Gasteiger partial charge >= 0.3 is 0 Å². The van der Waals surface area contributed by atoms with Gasteiger partial charge in [-0.3, -0.25) is 4.98 Å². The van der Waals surface area contributed by atoms with Crippen molar-refractivity contribution in [2.24, 2.45) is 0 Å². The molecule has 0 aliphatic heterocycles. The van der Waals surface area contributed by atoms with Crippen molar-refractivity contribution in [3.05, 3.63) is 58.9 Å². The number of ether oxygens (including phenoxy) is 1. The fourth-order valence-electron chi connectivity index (χ4n) is 1.81. The van der Waals surface area contributed by atoms with Gasteiger partial charge in [0.1, 0.15) is 12.4 Å². The van der Waals surface area contributed by atoms with Crippen LogP contribution >= 0.6 is 15.9 Å². The molecule has 0 bridgehead atoms. The molecular formula is C15H16BrNO. The second-order valence-electron chi connectivity index (χ2n) is 4.28. The van der Waals surface area contributed by atoms with E-state index < -0.39 is 0 Å². The SMILES string of the molecule is Cc1cccc(C)c1COc1ccc(CBr)nc1. The quantitative estimate of drug-likeness (QED) is 0.791. The van der Waals surface area contributed by atoms with E-state index in [0.717, 1.165) is 16.8 Å². The molecule has 2 rings (SSSR count). The molecule has 0 N–H and O–H groups in total. The van der Waals surface area contributed by atoms with Gasteiger partial charge in [0.2, 0.25) is 0 Å². The minimum absolute atomic E-state index is 0.591. The van der Waals surface area contributed by atoms with E-state index in [1.54, 1.807) is 6.20 Å². The van der Waals surface area contributed by atoms with Crippen LogP contribution in [0.1, 0.15) is 22.4 Å². The largest absolute Gasteiger partial charge is 0.487 e. The molecule has 1 aromatic heterocycles. The lowest BCUT2D eigenvalue weighted by atomic mass is 10.0. The van der Waals surface area contributed by atoms with Gasteiger partial charge < -0.3 is 4.74 Å². The standard InChI is InChI=1S/C15H16BrNO/c1-11-4-3-5-12(2)15(11)10-18-14-7-6-13(8-16)17-9-14/h3-7,9H,8,10H2,1-2H3. The summed E-state index contributed by atoms with van der Waals surface area (Å²) in [6, 6.07) is 10.2. The van der Waals surface area contributed by atoms with E-state index >= 15 is 0 Å². The molecule has 0 unspecified atom stereocenters. The van der Waals surface area contributed by atoms with Gasteiger partial charge in [-0.25, -0.2) is 0 Å². The highest BCUT2D eigenvalue weighted by molar-refractivity contribution is 9.08. The number of aromatic nitrogens is 1. The number of hydrogen-bond donors (Lipinski definition) is 0. The first-order chi connectivity index (χ1) is 8.70. The molecule has 1 aromatic carbocycles. The first kappa shape index (κ1) is 13.1. The van der Waals surface area contributed by atoms with Gasteiger partial charge in [-0.15, -0.1) is 0 Å². The fourth-order valence-corrected chi connectivity index (χ4v) is 2.14. The van der Waals surface area contributed by atoms with E-state index in [1.807, 2.05) is 12.1 Å². The van der Waals surface area contributed by atoms with Crippen molar-refractivity contribution in [3.63, 3.8) is 0 Å². The molecule has 1 heterocycles. The van der Waals surface area contributed by atoms with Crippen LogP contribution in [-0.4, -0.2) is 4.98 Å². The molecule has 2 nitrogen and oxygen atoms in total. The highest BCUT2D eigenvalue weighted by atomic mass is 79.9. The van der Waals surface area contributed by atoms with E-state index in [4.69, 9.17) is 4.74 Å². The average molecular weight is 306 g/mol. The molecule has 94 valence electrons. The van der Waals surface area contributed by atoms with E-state index in [1.165, 1.54) is 16.7 Å². The molecule has 0 spiro atoms. The van der Waals surface area contributed by atoms with Gasteiger partial charge in [0, 0.05) is 5.33 Å². The minimum Gasteiger partial charge on any atom is -0.487 e. The van der Waals surface area contributed by atoms with Crippen LogP contribution < -0.4 is 4.74 Å². The van der Waals surface area contributed by atoms with Gasteiger partial charge in [0.15, 0.2) is 0 Å². The number of benzene rings is 1. The molecule has 0 aliphatic carbocycles. The van der Waals surface area contributed by atoms with Crippen LogP contribution in [0.4, 0.5) is 0 Å². The number of pyridine rings is 1. The Bertz CT molecular complexity index is 502. The first-order valence-corrected chi connectivity index (χ1v) is 7.01. The third-order valence-electron chi connectivity index (χ3n) is 2.96. The number of rotatable bonds is 4. The van der Waals surface area contributed by atoms with Gasteiger partial charge in [-0.1, -0.05) is 34.1 Å². The lowest BCUT2D eigenvalue weighted by Gasteiger charge is -2.11. The Morgan fingerprint density at radius 1 is 1.11 bits per heavy atom. The second kappa shape index (κ2) is 6.01. The molecule has 2 aromatic rings. The monoisotopic (exact) mass is 305 g/mol. The summed E-state index contributed by atoms with van der Waals surface area (Å²) in [6.45, 7) is 4.81. The van der Waals surface area contributed by atoms with Crippen molar-refractivity contribution in [1.82, 2.24) is 4.98 Å². The summed E-state index contributed by atoms with van der Waals surface area (Å²) in [5, 5.41) is 0.768. The van der Waals surface area contributed by atoms with E-state index in [0.29, 0.717) is 6.61 Å². The van der Waals surface area contributed by atoms with Gasteiger partial charge in [0.25, 0.3) is 0 Å². The predicted octanol–water partition coefficient (Wildman–Crippen LogP) is 4.17. The zero-order valence-corrected chi connectivity index (χ0v) is 12.2. The minimum atomic E-state index is 0.591. The Kier molecular flexibility index (Phi) is 4.37. The summed E-state index contributed by atoms with van der Waals surface area (Å²) in [4.78, 5) is 4.28. The topological polar surface area (TPSA) is 22.1 Å². The van der Waals surface area contributed by atoms with Crippen molar-refractivity contribution in [2.45, 2.75) is 25.8 Å². The van der Waals surface area contributed by atoms with Crippen LogP contribution in [0, 0.1) is 13.8 Å². The Balaban J connectivity index is 2.06. The molecule has 3 heteroatoms. The number of alkyl halides is 1. The summed E-state index contributed by atoms with van der Waals surface area (Å²) in [5.74, 6) is 0.808. The Labute approximate surface area is 116 Å². The van der Waals surface area contributed by atoms with Gasteiger partial charge in [-0.2, -0.15) is 0 Å². The average Bonchev–Trinajstić information content (AvgIpc) is 2.39. The molecule has 0 saturated carbocycles. The van der Waals surface area contributed by atoms with E-state index in [9.17, 15) is 0 Å². The van der Waals surface area contributed by atoms with Crippen molar-refractivity contribution >= 4 is 15.9 Å². The Morgan fingerprint density at radius 3 is 2.39 bits per heavy atom. The van der Waals surface area contributed by atoms with Crippen LogP contribution in [-0.2, 0) is 11.9 Å². The van der Waals surface area contributed by atoms with Crippen LogP contribution in [0.3, 0.4) is 0 Å². The maximum atomic E-state index is 5.78. The number of aryl methyl sites for hydroxylation is 2. The van der Waals surface area contributed by atoms with Crippen LogP contribution in [0.5, 0.6) is 5.75 Å². The van der Waals surface area contributed by atoms with Crippen molar-refractivity contribution in [3.8, 4) is 5.75 Å². The lowest BCUT2D eigenvalue weighted by molar-refractivity contribution is 0.303.